The number of aliphatic imine (C=N–C) groups is 1. The molecule has 0 spiro atoms. The molecule has 0 radical (unpaired) electrons. The lowest BCUT2D eigenvalue weighted by atomic mass is 10.0. The summed E-state index contributed by atoms with van der Waals surface area (Å²) >= 11 is 0. The van der Waals surface area contributed by atoms with Crippen molar-refractivity contribution < 1.29 is 0 Å². The van der Waals surface area contributed by atoms with Crippen LogP contribution in [0, 0.1) is 6.92 Å². The number of guanidine groups is 1. The first-order valence-corrected chi connectivity index (χ1v) is 10.0. The molecule has 2 N–H and O–H groups in total. The Morgan fingerprint density at radius 2 is 1.70 bits per heavy atom. The van der Waals surface area contributed by atoms with E-state index in [0.717, 1.165) is 51.4 Å². The summed E-state index contributed by atoms with van der Waals surface area (Å²) in [6.45, 7) is 6.34. The number of benzene rings is 2. The Bertz CT molecular complexity index is 701. The van der Waals surface area contributed by atoms with Crippen molar-refractivity contribution >= 4 is 5.96 Å². The van der Waals surface area contributed by atoms with E-state index in [9.17, 15) is 0 Å². The molecule has 1 aliphatic rings. The zero-order valence-electron chi connectivity index (χ0n) is 16.6. The van der Waals surface area contributed by atoms with E-state index < -0.39 is 0 Å². The third-order valence-corrected chi connectivity index (χ3v) is 5.23. The van der Waals surface area contributed by atoms with Crippen LogP contribution < -0.4 is 10.6 Å². The SMILES string of the molecule is CN=C(NCCc1ccc(C)cc1)NC1CCN(Cc2ccccc2)CC1. The fraction of sp³-hybridized carbons (Fsp3) is 0.435. The van der Waals surface area contributed by atoms with Gasteiger partial charge in [-0.15, -0.1) is 0 Å². The van der Waals surface area contributed by atoms with Crippen LogP contribution in [0.5, 0.6) is 0 Å². The Morgan fingerprint density at radius 3 is 2.37 bits per heavy atom. The second-order valence-electron chi connectivity index (χ2n) is 7.41. The number of likely N-dealkylation sites (tertiary alicyclic amines) is 1. The van der Waals surface area contributed by atoms with E-state index >= 15 is 0 Å². The van der Waals surface area contributed by atoms with E-state index in [1.807, 2.05) is 7.05 Å². The average Bonchev–Trinajstić information content (AvgIpc) is 2.71. The maximum atomic E-state index is 4.40. The zero-order valence-corrected chi connectivity index (χ0v) is 16.6. The van der Waals surface area contributed by atoms with Crippen molar-refractivity contribution in [3.63, 3.8) is 0 Å². The molecular formula is C23H32N4. The molecule has 4 heteroatoms. The molecule has 2 aromatic rings. The minimum absolute atomic E-state index is 0.502. The van der Waals surface area contributed by atoms with Crippen LogP contribution in [0.15, 0.2) is 59.6 Å². The van der Waals surface area contributed by atoms with Gasteiger partial charge in [-0.3, -0.25) is 9.89 Å². The molecular weight excluding hydrogens is 332 g/mol. The number of nitrogens with one attached hydrogen (secondary N) is 2. The number of rotatable bonds is 6. The van der Waals surface area contributed by atoms with Gasteiger partial charge in [-0.2, -0.15) is 0 Å². The third kappa shape index (κ3) is 6.40. The lowest BCUT2D eigenvalue weighted by Gasteiger charge is -2.33. The first-order chi connectivity index (χ1) is 13.2. The predicted octanol–water partition coefficient (Wildman–Crippen LogP) is 3.37. The van der Waals surface area contributed by atoms with Crippen molar-refractivity contribution in [2.45, 2.75) is 38.8 Å². The molecule has 27 heavy (non-hydrogen) atoms. The number of hydrogen-bond donors (Lipinski definition) is 2. The van der Waals surface area contributed by atoms with Gasteiger partial charge in [0.15, 0.2) is 5.96 Å². The lowest BCUT2D eigenvalue weighted by molar-refractivity contribution is 0.198. The number of nitrogens with zero attached hydrogens (tertiary/aromatic N) is 2. The molecule has 0 aromatic heterocycles. The van der Waals surface area contributed by atoms with Crippen molar-refractivity contribution in [2.24, 2.45) is 4.99 Å². The van der Waals surface area contributed by atoms with E-state index in [-0.39, 0.29) is 0 Å². The molecule has 1 saturated heterocycles. The predicted molar refractivity (Wildman–Crippen MR) is 114 cm³/mol. The highest BCUT2D eigenvalue weighted by molar-refractivity contribution is 5.79. The van der Waals surface area contributed by atoms with Crippen molar-refractivity contribution in [3.8, 4) is 0 Å². The van der Waals surface area contributed by atoms with Crippen molar-refractivity contribution in [2.75, 3.05) is 26.7 Å². The van der Waals surface area contributed by atoms with Gasteiger partial charge in [0.2, 0.25) is 0 Å². The van der Waals surface area contributed by atoms with Gasteiger partial charge in [0.1, 0.15) is 0 Å². The first kappa shape index (κ1) is 19.4. The van der Waals surface area contributed by atoms with Crippen LogP contribution in [0.2, 0.25) is 0 Å². The van der Waals surface area contributed by atoms with Crippen LogP contribution in [0.25, 0.3) is 0 Å². The molecule has 0 aliphatic carbocycles. The molecule has 1 aliphatic heterocycles. The molecule has 2 aromatic carbocycles. The van der Waals surface area contributed by atoms with E-state index in [0.29, 0.717) is 6.04 Å². The molecule has 1 heterocycles. The quantitative estimate of drug-likeness (QED) is 0.610. The summed E-state index contributed by atoms with van der Waals surface area (Å²) in [7, 11) is 1.85. The highest BCUT2D eigenvalue weighted by Gasteiger charge is 2.19. The number of aryl methyl sites for hydroxylation is 1. The summed E-state index contributed by atoms with van der Waals surface area (Å²) in [5.74, 6) is 0.920. The van der Waals surface area contributed by atoms with Crippen LogP contribution in [-0.2, 0) is 13.0 Å². The standard InChI is InChI=1S/C23H32N4/c1-19-8-10-20(11-9-19)12-15-25-23(24-2)26-22-13-16-27(17-14-22)18-21-6-4-3-5-7-21/h3-11,22H,12-18H2,1-2H3,(H2,24,25,26). The number of hydrogen-bond acceptors (Lipinski definition) is 2. The lowest BCUT2D eigenvalue weighted by Crippen LogP contribution is -2.48. The van der Waals surface area contributed by atoms with Crippen molar-refractivity contribution in [1.29, 1.82) is 0 Å². The van der Waals surface area contributed by atoms with E-state index in [1.165, 1.54) is 16.7 Å². The Hall–Kier alpha value is -2.33. The molecule has 0 bridgehead atoms. The van der Waals surface area contributed by atoms with Gasteiger partial charge < -0.3 is 10.6 Å². The van der Waals surface area contributed by atoms with Crippen LogP contribution in [0.3, 0.4) is 0 Å². The smallest absolute Gasteiger partial charge is 0.191 e. The van der Waals surface area contributed by atoms with E-state index in [1.54, 1.807) is 0 Å². The molecule has 144 valence electrons. The van der Waals surface area contributed by atoms with Crippen molar-refractivity contribution in [3.05, 3.63) is 71.3 Å². The summed E-state index contributed by atoms with van der Waals surface area (Å²) in [4.78, 5) is 6.94. The molecule has 0 saturated carbocycles. The Balaban J connectivity index is 1.37. The summed E-state index contributed by atoms with van der Waals surface area (Å²) in [5, 5.41) is 7.05. The van der Waals surface area contributed by atoms with Gasteiger partial charge in [-0.1, -0.05) is 60.2 Å². The Labute approximate surface area is 163 Å². The van der Waals surface area contributed by atoms with Gasteiger partial charge in [0.25, 0.3) is 0 Å². The largest absolute Gasteiger partial charge is 0.356 e. The zero-order chi connectivity index (χ0) is 18.9. The van der Waals surface area contributed by atoms with E-state index in [2.05, 4.69) is 82.0 Å². The van der Waals surface area contributed by atoms with Gasteiger partial charge in [0, 0.05) is 39.3 Å². The Morgan fingerprint density at radius 1 is 1.00 bits per heavy atom. The summed E-state index contributed by atoms with van der Waals surface area (Å²) < 4.78 is 0. The van der Waals surface area contributed by atoms with E-state index in [4.69, 9.17) is 0 Å². The number of piperidine rings is 1. The van der Waals surface area contributed by atoms with Crippen LogP contribution >= 0.6 is 0 Å². The molecule has 0 amide bonds. The summed E-state index contributed by atoms with van der Waals surface area (Å²) in [6.07, 6.45) is 3.33. The third-order valence-electron chi connectivity index (χ3n) is 5.23. The second-order valence-corrected chi connectivity index (χ2v) is 7.41. The molecule has 0 atom stereocenters. The fourth-order valence-electron chi connectivity index (χ4n) is 3.55. The first-order valence-electron chi connectivity index (χ1n) is 10.0. The molecule has 0 unspecified atom stereocenters. The maximum Gasteiger partial charge on any atom is 0.191 e. The summed E-state index contributed by atoms with van der Waals surface area (Å²) in [5.41, 5.74) is 4.07. The van der Waals surface area contributed by atoms with Gasteiger partial charge in [-0.05, 0) is 37.3 Å². The molecule has 4 nitrogen and oxygen atoms in total. The fourth-order valence-corrected chi connectivity index (χ4v) is 3.55. The highest BCUT2D eigenvalue weighted by atomic mass is 15.2. The minimum atomic E-state index is 0.502. The van der Waals surface area contributed by atoms with Gasteiger partial charge in [-0.25, -0.2) is 0 Å². The molecule has 1 fully saturated rings. The normalized spacial score (nSPS) is 16.3. The topological polar surface area (TPSA) is 39.7 Å². The molecule has 3 rings (SSSR count). The van der Waals surface area contributed by atoms with Gasteiger partial charge in [0.05, 0.1) is 0 Å². The average molecular weight is 365 g/mol. The summed E-state index contributed by atoms with van der Waals surface area (Å²) in [6, 6.07) is 20.0. The minimum Gasteiger partial charge on any atom is -0.356 e. The highest BCUT2D eigenvalue weighted by Crippen LogP contribution is 2.13. The maximum absolute atomic E-state index is 4.40. The Kier molecular flexibility index (Phi) is 7.28. The monoisotopic (exact) mass is 364 g/mol. The second kappa shape index (κ2) is 10.1. The van der Waals surface area contributed by atoms with Crippen LogP contribution in [0.1, 0.15) is 29.5 Å². The van der Waals surface area contributed by atoms with Crippen LogP contribution in [0.4, 0.5) is 0 Å². The van der Waals surface area contributed by atoms with Gasteiger partial charge >= 0.3 is 0 Å². The van der Waals surface area contributed by atoms with Crippen LogP contribution in [-0.4, -0.2) is 43.6 Å². The van der Waals surface area contributed by atoms with Crippen molar-refractivity contribution in [1.82, 2.24) is 15.5 Å².